The number of nitrogens with two attached hydrogens (primary N) is 1. The van der Waals surface area contributed by atoms with Gasteiger partial charge in [0.1, 0.15) is 17.3 Å². The predicted molar refractivity (Wildman–Crippen MR) is 97.7 cm³/mol. The molecule has 0 aromatic carbocycles. The number of hydrogen-bond acceptors (Lipinski definition) is 6. The fraction of sp³-hybridized carbons (Fsp3) is 0.667. The van der Waals surface area contributed by atoms with Gasteiger partial charge in [-0.2, -0.15) is 0 Å². The summed E-state index contributed by atoms with van der Waals surface area (Å²) < 4.78 is 5.63. The van der Waals surface area contributed by atoms with Crippen molar-refractivity contribution in [2.75, 3.05) is 37.7 Å². The highest BCUT2D eigenvalue weighted by Gasteiger charge is 2.29. The van der Waals surface area contributed by atoms with E-state index in [1.165, 1.54) is 0 Å². The van der Waals surface area contributed by atoms with Crippen molar-refractivity contribution in [3.63, 3.8) is 0 Å². The van der Waals surface area contributed by atoms with Crippen molar-refractivity contribution < 1.29 is 9.53 Å². The molecule has 2 aliphatic heterocycles. The van der Waals surface area contributed by atoms with E-state index in [0.29, 0.717) is 37.8 Å². The number of ether oxygens (including phenoxy) is 1. The van der Waals surface area contributed by atoms with Crippen LogP contribution in [0.1, 0.15) is 41.6 Å². The Labute approximate surface area is 154 Å². The van der Waals surface area contributed by atoms with Crippen LogP contribution in [0.15, 0.2) is 0 Å². The summed E-state index contributed by atoms with van der Waals surface area (Å²) >= 11 is 0. The third kappa shape index (κ3) is 4.08. The number of nitrogens with zero attached hydrogens (tertiary/aromatic N) is 3. The van der Waals surface area contributed by atoms with E-state index < -0.39 is 0 Å². The van der Waals surface area contributed by atoms with Crippen molar-refractivity contribution in [2.45, 2.75) is 32.3 Å². The number of anilines is 1. The number of morpholine rings is 1. The van der Waals surface area contributed by atoms with Gasteiger partial charge in [-0.15, -0.1) is 24.8 Å². The van der Waals surface area contributed by atoms with Gasteiger partial charge in [0.15, 0.2) is 0 Å². The summed E-state index contributed by atoms with van der Waals surface area (Å²) in [6.45, 7) is 7.29. The lowest BCUT2D eigenvalue weighted by Crippen LogP contribution is -2.47. The van der Waals surface area contributed by atoms with Crippen LogP contribution in [0.5, 0.6) is 0 Å². The minimum absolute atomic E-state index is 0. The number of amides is 1. The number of hydrogen-bond donors (Lipinski definition) is 2. The SMILES string of the molecule is CC(C)c1nc2c(c(N3CCOC(CN)C3)n1)CCNC2=O.Cl.Cl. The van der Waals surface area contributed by atoms with Gasteiger partial charge in [-0.25, -0.2) is 9.97 Å². The minimum Gasteiger partial charge on any atom is -0.373 e. The van der Waals surface area contributed by atoms with Gasteiger partial charge in [0, 0.05) is 37.7 Å². The number of nitrogens with one attached hydrogen (secondary N) is 1. The van der Waals surface area contributed by atoms with Gasteiger partial charge in [-0.1, -0.05) is 13.8 Å². The van der Waals surface area contributed by atoms with Gasteiger partial charge >= 0.3 is 0 Å². The summed E-state index contributed by atoms with van der Waals surface area (Å²) in [6.07, 6.45) is 0.777. The molecule has 0 radical (unpaired) electrons. The molecule has 7 nitrogen and oxygen atoms in total. The van der Waals surface area contributed by atoms with E-state index in [1.807, 2.05) is 13.8 Å². The maximum absolute atomic E-state index is 12.2. The number of carbonyl (C=O) groups excluding carboxylic acids is 1. The highest BCUT2D eigenvalue weighted by atomic mass is 35.5. The first-order valence-corrected chi connectivity index (χ1v) is 7.85. The Hall–Kier alpha value is -1.15. The molecule has 136 valence electrons. The fourth-order valence-electron chi connectivity index (χ4n) is 2.87. The second kappa shape index (κ2) is 8.80. The van der Waals surface area contributed by atoms with Crippen LogP contribution in [-0.2, 0) is 11.2 Å². The van der Waals surface area contributed by atoms with Gasteiger partial charge in [0.2, 0.25) is 0 Å². The first-order chi connectivity index (χ1) is 10.6. The van der Waals surface area contributed by atoms with Crippen LogP contribution in [0.4, 0.5) is 5.82 Å². The van der Waals surface area contributed by atoms with Crippen LogP contribution in [0.2, 0.25) is 0 Å². The smallest absolute Gasteiger partial charge is 0.270 e. The molecule has 1 unspecified atom stereocenters. The van der Waals surface area contributed by atoms with Crippen molar-refractivity contribution in [1.82, 2.24) is 15.3 Å². The van der Waals surface area contributed by atoms with E-state index in [0.717, 1.165) is 24.3 Å². The topological polar surface area (TPSA) is 93.4 Å². The van der Waals surface area contributed by atoms with Crippen LogP contribution >= 0.6 is 24.8 Å². The summed E-state index contributed by atoms with van der Waals surface area (Å²) in [6, 6.07) is 0. The first-order valence-electron chi connectivity index (χ1n) is 7.85. The van der Waals surface area contributed by atoms with Gasteiger partial charge in [-0.05, 0) is 6.42 Å². The van der Waals surface area contributed by atoms with Crippen molar-refractivity contribution in [1.29, 1.82) is 0 Å². The molecule has 0 saturated carbocycles. The molecule has 2 aliphatic rings. The number of rotatable bonds is 3. The number of fused-ring (bicyclic) bond motifs is 1. The van der Waals surface area contributed by atoms with Gasteiger partial charge in [0.05, 0.1) is 12.7 Å². The second-order valence-electron chi connectivity index (χ2n) is 6.07. The van der Waals surface area contributed by atoms with Gasteiger partial charge in [0.25, 0.3) is 5.91 Å². The van der Waals surface area contributed by atoms with Crippen LogP contribution in [0, 0.1) is 0 Å². The number of halogens is 2. The minimum atomic E-state index is -0.101. The highest BCUT2D eigenvalue weighted by Crippen LogP contribution is 2.27. The van der Waals surface area contributed by atoms with E-state index in [9.17, 15) is 4.79 Å². The number of carbonyl (C=O) groups is 1. The molecule has 1 aromatic heterocycles. The Morgan fingerprint density at radius 3 is 2.79 bits per heavy atom. The van der Waals surface area contributed by atoms with Crippen molar-refractivity contribution in [2.24, 2.45) is 5.73 Å². The average Bonchev–Trinajstić information content (AvgIpc) is 2.54. The third-order valence-electron chi connectivity index (χ3n) is 4.10. The predicted octanol–water partition coefficient (Wildman–Crippen LogP) is 0.893. The van der Waals surface area contributed by atoms with Crippen LogP contribution < -0.4 is 16.0 Å². The zero-order valence-electron chi connectivity index (χ0n) is 13.9. The Bertz CT molecular complexity index is 585. The van der Waals surface area contributed by atoms with Gasteiger partial charge < -0.3 is 20.7 Å². The summed E-state index contributed by atoms with van der Waals surface area (Å²) in [5, 5.41) is 2.86. The van der Waals surface area contributed by atoms with Gasteiger partial charge in [-0.3, -0.25) is 4.79 Å². The summed E-state index contributed by atoms with van der Waals surface area (Å²) in [4.78, 5) is 23.6. The largest absolute Gasteiger partial charge is 0.373 e. The highest BCUT2D eigenvalue weighted by molar-refractivity contribution is 5.96. The van der Waals surface area contributed by atoms with E-state index in [4.69, 9.17) is 15.5 Å². The molecular formula is C15H25Cl2N5O2. The molecule has 1 fully saturated rings. The quantitative estimate of drug-likeness (QED) is 0.812. The number of aromatic nitrogens is 2. The van der Waals surface area contributed by atoms with Crippen molar-refractivity contribution >= 4 is 36.5 Å². The molecule has 1 amide bonds. The summed E-state index contributed by atoms with van der Waals surface area (Å²) in [5.41, 5.74) is 7.21. The Kier molecular flexibility index (Phi) is 7.66. The lowest BCUT2D eigenvalue weighted by molar-refractivity contribution is 0.0462. The first kappa shape index (κ1) is 20.9. The Morgan fingerprint density at radius 1 is 1.38 bits per heavy atom. The summed E-state index contributed by atoms with van der Waals surface area (Å²) in [5.74, 6) is 1.66. The molecule has 24 heavy (non-hydrogen) atoms. The third-order valence-corrected chi connectivity index (χ3v) is 4.10. The molecule has 0 spiro atoms. The lowest BCUT2D eigenvalue weighted by Gasteiger charge is -2.35. The Balaban J connectivity index is 0.00000144. The summed E-state index contributed by atoms with van der Waals surface area (Å²) in [7, 11) is 0. The van der Waals surface area contributed by atoms with Crippen molar-refractivity contribution in [3.8, 4) is 0 Å². The standard InChI is InChI=1S/C15H23N5O2.2ClH/c1-9(2)13-18-12-11(3-4-17-15(12)21)14(19-13)20-5-6-22-10(7-16)8-20;;/h9-10H,3-8,16H2,1-2H3,(H,17,21);2*1H. The average molecular weight is 378 g/mol. The molecule has 9 heteroatoms. The molecule has 3 heterocycles. The van der Waals surface area contributed by atoms with Crippen LogP contribution in [0.25, 0.3) is 0 Å². The molecule has 1 atom stereocenters. The molecule has 3 N–H and O–H groups in total. The molecule has 0 bridgehead atoms. The monoisotopic (exact) mass is 377 g/mol. The van der Waals surface area contributed by atoms with E-state index in [1.54, 1.807) is 0 Å². The second-order valence-corrected chi connectivity index (χ2v) is 6.07. The molecule has 1 saturated heterocycles. The normalized spacial score (nSPS) is 19.9. The maximum atomic E-state index is 12.2. The fourth-order valence-corrected chi connectivity index (χ4v) is 2.87. The molecule has 1 aromatic rings. The molecular weight excluding hydrogens is 353 g/mol. The maximum Gasteiger partial charge on any atom is 0.270 e. The van der Waals surface area contributed by atoms with E-state index in [2.05, 4.69) is 15.2 Å². The zero-order valence-corrected chi connectivity index (χ0v) is 15.6. The van der Waals surface area contributed by atoms with Crippen LogP contribution in [0.3, 0.4) is 0 Å². The van der Waals surface area contributed by atoms with E-state index >= 15 is 0 Å². The Morgan fingerprint density at radius 2 is 2.12 bits per heavy atom. The van der Waals surface area contributed by atoms with Crippen LogP contribution in [-0.4, -0.2) is 54.8 Å². The van der Waals surface area contributed by atoms with Crippen molar-refractivity contribution in [3.05, 3.63) is 17.1 Å². The molecule has 3 rings (SSSR count). The molecule has 0 aliphatic carbocycles. The van der Waals surface area contributed by atoms with E-state index in [-0.39, 0.29) is 42.7 Å². The zero-order chi connectivity index (χ0) is 15.7. The lowest BCUT2D eigenvalue weighted by atomic mass is 10.0.